The quantitative estimate of drug-likeness (QED) is 0.590. The van der Waals surface area contributed by atoms with Crippen molar-refractivity contribution in [2.24, 2.45) is 0 Å². The van der Waals surface area contributed by atoms with Crippen LogP contribution >= 0.6 is 0 Å². The summed E-state index contributed by atoms with van der Waals surface area (Å²) in [5.41, 5.74) is 7.29. The molecule has 0 aliphatic rings. The summed E-state index contributed by atoms with van der Waals surface area (Å²) in [7, 11) is 0. The van der Waals surface area contributed by atoms with Gasteiger partial charge in [0.2, 0.25) is 0 Å². The fourth-order valence-electron chi connectivity index (χ4n) is 2.35. The van der Waals surface area contributed by atoms with Crippen LogP contribution in [0.5, 0.6) is 0 Å². The van der Waals surface area contributed by atoms with Crippen molar-refractivity contribution in [3.05, 3.63) is 61.1 Å². The molecule has 0 unspecified atom stereocenters. The van der Waals surface area contributed by atoms with Crippen LogP contribution in [0.2, 0.25) is 0 Å². The summed E-state index contributed by atoms with van der Waals surface area (Å²) in [5, 5.41) is 4.11. The third-order valence-corrected chi connectivity index (χ3v) is 3.56. The van der Waals surface area contributed by atoms with Crippen LogP contribution in [0.15, 0.2) is 55.5 Å². The van der Waals surface area contributed by atoms with Crippen LogP contribution in [0.25, 0.3) is 16.9 Å². The molecule has 0 bridgehead atoms. The average Bonchev–Trinajstić information content (AvgIpc) is 3.14. The van der Waals surface area contributed by atoms with Crippen LogP contribution in [0.3, 0.4) is 0 Å². The molecule has 0 aromatic carbocycles. The number of nitrogen functional groups attached to an aromatic ring is 1. The lowest BCUT2D eigenvalue weighted by atomic mass is 10.2. The van der Waals surface area contributed by atoms with Crippen molar-refractivity contribution in [3.8, 4) is 5.82 Å². The van der Waals surface area contributed by atoms with E-state index in [1.54, 1.807) is 18.6 Å². The third kappa shape index (κ3) is 2.72. The molecule has 0 saturated carbocycles. The summed E-state index contributed by atoms with van der Waals surface area (Å²) >= 11 is 0. The fourth-order valence-corrected chi connectivity index (χ4v) is 2.35. The fraction of sp³-hybridized carbons (Fsp3) is 0.0625. The van der Waals surface area contributed by atoms with Crippen molar-refractivity contribution in [2.45, 2.75) is 6.54 Å². The zero-order valence-corrected chi connectivity index (χ0v) is 12.7. The molecule has 118 valence electrons. The number of imidazole rings is 1. The highest BCUT2D eigenvalue weighted by Gasteiger charge is 2.05. The monoisotopic (exact) mass is 318 g/mol. The second kappa shape index (κ2) is 5.92. The number of pyridine rings is 2. The molecule has 4 aromatic heterocycles. The zero-order valence-electron chi connectivity index (χ0n) is 12.7. The van der Waals surface area contributed by atoms with Crippen molar-refractivity contribution in [1.82, 2.24) is 29.5 Å². The maximum atomic E-state index is 5.69. The predicted octanol–water partition coefficient (Wildman–Crippen LogP) is 1.80. The lowest BCUT2D eigenvalue weighted by molar-refractivity contribution is 0.977. The Morgan fingerprint density at radius 2 is 2.04 bits per heavy atom. The first-order chi connectivity index (χ1) is 11.8. The van der Waals surface area contributed by atoms with E-state index in [4.69, 9.17) is 5.73 Å². The Hall–Kier alpha value is -3.55. The van der Waals surface area contributed by atoms with Crippen molar-refractivity contribution < 1.29 is 0 Å². The highest BCUT2D eigenvalue weighted by atomic mass is 15.1. The van der Waals surface area contributed by atoms with Gasteiger partial charge in [-0.25, -0.2) is 24.9 Å². The summed E-state index contributed by atoms with van der Waals surface area (Å²) in [5.74, 6) is 1.97. The normalized spacial score (nSPS) is 10.8. The van der Waals surface area contributed by atoms with Gasteiger partial charge in [0.25, 0.3) is 0 Å². The smallest absolute Gasteiger partial charge is 0.166 e. The molecule has 0 aliphatic carbocycles. The largest absolute Gasteiger partial charge is 0.384 e. The maximum Gasteiger partial charge on any atom is 0.166 e. The number of hydrogen-bond acceptors (Lipinski definition) is 7. The molecule has 8 nitrogen and oxygen atoms in total. The molecule has 4 rings (SSSR count). The molecular weight excluding hydrogens is 304 g/mol. The van der Waals surface area contributed by atoms with E-state index in [1.165, 1.54) is 6.33 Å². The van der Waals surface area contributed by atoms with Crippen molar-refractivity contribution in [3.63, 3.8) is 0 Å². The molecule has 0 spiro atoms. The minimum Gasteiger partial charge on any atom is -0.384 e. The molecule has 0 fully saturated rings. The molecule has 0 amide bonds. The highest BCUT2D eigenvalue weighted by Crippen LogP contribution is 2.19. The van der Waals surface area contributed by atoms with Crippen LogP contribution in [0, 0.1) is 0 Å². The number of nitrogens with zero attached hydrogens (tertiary/aromatic N) is 6. The summed E-state index contributed by atoms with van der Waals surface area (Å²) in [6.07, 6.45) is 8.58. The number of rotatable bonds is 4. The molecule has 0 aliphatic heterocycles. The van der Waals surface area contributed by atoms with Crippen LogP contribution in [-0.2, 0) is 6.54 Å². The first kappa shape index (κ1) is 14.1. The number of nitrogens with two attached hydrogens (primary N) is 1. The van der Waals surface area contributed by atoms with E-state index in [0.29, 0.717) is 23.8 Å². The molecule has 0 atom stereocenters. The van der Waals surface area contributed by atoms with Gasteiger partial charge in [-0.2, -0.15) is 0 Å². The van der Waals surface area contributed by atoms with Gasteiger partial charge in [0.15, 0.2) is 5.65 Å². The predicted molar refractivity (Wildman–Crippen MR) is 90.4 cm³/mol. The SMILES string of the molecule is Nc1ccc2c(NCc3ccc(-n4ccnc4)nc3)ncnc2n1. The van der Waals surface area contributed by atoms with Gasteiger partial charge in [0, 0.05) is 25.1 Å². The van der Waals surface area contributed by atoms with Crippen molar-refractivity contribution in [1.29, 1.82) is 0 Å². The van der Waals surface area contributed by atoms with E-state index in [2.05, 4.69) is 30.2 Å². The lowest BCUT2D eigenvalue weighted by Gasteiger charge is -2.08. The molecular formula is C16H14N8. The number of nitrogens with one attached hydrogen (secondary N) is 1. The molecule has 0 saturated heterocycles. The van der Waals surface area contributed by atoms with Gasteiger partial charge in [-0.1, -0.05) is 6.07 Å². The second-order valence-electron chi connectivity index (χ2n) is 5.18. The number of aromatic nitrogens is 6. The minimum absolute atomic E-state index is 0.437. The minimum atomic E-state index is 0.437. The second-order valence-corrected chi connectivity index (χ2v) is 5.18. The molecule has 0 radical (unpaired) electrons. The third-order valence-electron chi connectivity index (χ3n) is 3.56. The molecule has 24 heavy (non-hydrogen) atoms. The number of fused-ring (bicyclic) bond motifs is 1. The van der Waals surface area contributed by atoms with Gasteiger partial charge in [-0.15, -0.1) is 0 Å². The highest BCUT2D eigenvalue weighted by molar-refractivity contribution is 5.86. The van der Waals surface area contributed by atoms with Gasteiger partial charge in [-0.05, 0) is 23.8 Å². The van der Waals surface area contributed by atoms with E-state index >= 15 is 0 Å². The Bertz CT molecular complexity index is 963. The standard InChI is InChI=1S/C16H14N8/c17-13-3-2-12-15(21-9-22-16(12)23-13)20-8-11-1-4-14(19-7-11)24-6-5-18-10-24/h1-7,9-10H,8H2,(H3,17,20,21,22,23). The summed E-state index contributed by atoms with van der Waals surface area (Å²) in [4.78, 5) is 21.0. The first-order valence-electron chi connectivity index (χ1n) is 7.34. The first-order valence-corrected chi connectivity index (χ1v) is 7.34. The molecule has 8 heteroatoms. The maximum absolute atomic E-state index is 5.69. The molecule has 3 N–H and O–H groups in total. The topological polar surface area (TPSA) is 107 Å². The average molecular weight is 318 g/mol. The Morgan fingerprint density at radius 1 is 1.08 bits per heavy atom. The summed E-state index contributed by atoms with van der Waals surface area (Å²) < 4.78 is 1.85. The summed E-state index contributed by atoms with van der Waals surface area (Å²) in [6, 6.07) is 7.55. The lowest BCUT2D eigenvalue weighted by Crippen LogP contribution is -2.04. The van der Waals surface area contributed by atoms with Gasteiger partial charge in [-0.3, -0.25) is 4.57 Å². The van der Waals surface area contributed by atoms with Gasteiger partial charge in [0.1, 0.15) is 30.1 Å². The van der Waals surface area contributed by atoms with E-state index in [-0.39, 0.29) is 0 Å². The Labute approximate surface area is 137 Å². The Kier molecular flexibility index (Phi) is 3.47. The van der Waals surface area contributed by atoms with E-state index in [1.807, 2.05) is 35.2 Å². The van der Waals surface area contributed by atoms with Gasteiger partial charge >= 0.3 is 0 Å². The Morgan fingerprint density at radius 3 is 2.83 bits per heavy atom. The van der Waals surface area contributed by atoms with Crippen LogP contribution in [-0.4, -0.2) is 29.5 Å². The molecule has 4 heterocycles. The van der Waals surface area contributed by atoms with Crippen LogP contribution in [0.4, 0.5) is 11.6 Å². The number of anilines is 2. The molecule has 4 aromatic rings. The zero-order chi connectivity index (χ0) is 16.4. The van der Waals surface area contributed by atoms with Crippen LogP contribution < -0.4 is 11.1 Å². The van der Waals surface area contributed by atoms with Gasteiger partial charge in [0.05, 0.1) is 5.39 Å². The number of hydrogen-bond donors (Lipinski definition) is 2. The van der Waals surface area contributed by atoms with Crippen molar-refractivity contribution in [2.75, 3.05) is 11.1 Å². The Balaban J connectivity index is 1.53. The van der Waals surface area contributed by atoms with E-state index < -0.39 is 0 Å². The van der Waals surface area contributed by atoms with E-state index in [9.17, 15) is 0 Å². The van der Waals surface area contributed by atoms with Crippen molar-refractivity contribution >= 4 is 22.7 Å². The summed E-state index contributed by atoms with van der Waals surface area (Å²) in [6.45, 7) is 0.591. The van der Waals surface area contributed by atoms with Crippen LogP contribution in [0.1, 0.15) is 5.56 Å². The van der Waals surface area contributed by atoms with Gasteiger partial charge < -0.3 is 11.1 Å². The van der Waals surface area contributed by atoms with E-state index in [0.717, 1.165) is 16.8 Å².